The zero-order chi connectivity index (χ0) is 11.3. The molecule has 0 aromatic carbocycles. The molecule has 6 heteroatoms. The van der Waals surface area contributed by atoms with Crippen molar-refractivity contribution >= 4 is 34.6 Å². The maximum absolute atomic E-state index is 11.4. The lowest BCUT2D eigenvalue weighted by Gasteiger charge is -2.13. The van der Waals surface area contributed by atoms with Gasteiger partial charge in [-0.2, -0.15) is 11.3 Å². The number of thiocarbonyl (C=S) groups is 1. The molecule has 0 aliphatic heterocycles. The van der Waals surface area contributed by atoms with E-state index in [1.165, 1.54) is 11.3 Å². The summed E-state index contributed by atoms with van der Waals surface area (Å²) in [4.78, 5) is 11.4. The van der Waals surface area contributed by atoms with Crippen LogP contribution in [0, 0.1) is 0 Å². The molecule has 4 nitrogen and oxygen atoms in total. The Morgan fingerprint density at radius 3 is 2.73 bits per heavy atom. The minimum absolute atomic E-state index is 0.191. The number of hydrogen-bond acceptors (Lipinski definition) is 3. The fourth-order valence-corrected chi connectivity index (χ4v) is 1.80. The number of carbonyl (C=O) groups excluding carboxylic acids is 1. The highest BCUT2D eigenvalue weighted by atomic mass is 32.1. The van der Waals surface area contributed by atoms with Gasteiger partial charge in [0.25, 0.3) is 5.91 Å². The summed E-state index contributed by atoms with van der Waals surface area (Å²) < 4.78 is 0. The second-order valence-corrected chi connectivity index (χ2v) is 4.41. The van der Waals surface area contributed by atoms with Gasteiger partial charge in [-0.15, -0.1) is 0 Å². The molecular formula is C9H13N3OS2. The van der Waals surface area contributed by atoms with Gasteiger partial charge in [-0.1, -0.05) is 0 Å². The van der Waals surface area contributed by atoms with Crippen LogP contribution in [0.2, 0.25) is 0 Å². The Labute approximate surface area is 98.0 Å². The van der Waals surface area contributed by atoms with Crippen LogP contribution >= 0.6 is 23.6 Å². The van der Waals surface area contributed by atoms with Crippen LogP contribution in [-0.2, 0) is 0 Å². The molecule has 0 saturated heterocycles. The molecule has 0 aliphatic carbocycles. The van der Waals surface area contributed by atoms with Crippen molar-refractivity contribution in [3.05, 3.63) is 22.4 Å². The summed E-state index contributed by atoms with van der Waals surface area (Å²) in [7, 11) is 0. The number of carbonyl (C=O) groups is 1. The van der Waals surface area contributed by atoms with Gasteiger partial charge < -0.3 is 5.32 Å². The van der Waals surface area contributed by atoms with Gasteiger partial charge in [-0.25, -0.2) is 0 Å². The Balaban J connectivity index is 2.32. The molecule has 0 atom stereocenters. The van der Waals surface area contributed by atoms with Gasteiger partial charge in [0.2, 0.25) is 0 Å². The minimum atomic E-state index is -0.191. The maximum Gasteiger partial charge on any atom is 0.270 e. The summed E-state index contributed by atoms with van der Waals surface area (Å²) in [5.41, 5.74) is 5.76. The second-order valence-electron chi connectivity index (χ2n) is 3.22. The highest BCUT2D eigenvalue weighted by Crippen LogP contribution is 2.04. The summed E-state index contributed by atoms with van der Waals surface area (Å²) in [5, 5.41) is 6.98. The Kier molecular flexibility index (Phi) is 4.51. The van der Waals surface area contributed by atoms with E-state index in [0.29, 0.717) is 10.7 Å². The number of hydrazine groups is 1. The molecule has 1 rings (SSSR count). The van der Waals surface area contributed by atoms with Gasteiger partial charge in [-0.3, -0.25) is 15.6 Å². The highest BCUT2D eigenvalue weighted by molar-refractivity contribution is 7.80. The van der Waals surface area contributed by atoms with E-state index < -0.39 is 0 Å². The Bertz CT molecular complexity index is 335. The van der Waals surface area contributed by atoms with Crippen molar-refractivity contribution in [3.8, 4) is 0 Å². The van der Waals surface area contributed by atoms with E-state index in [9.17, 15) is 4.79 Å². The molecule has 1 heterocycles. The standard InChI is InChI=1S/C9H13N3OS2/c1-6(2)10-9(14)12-11-8(13)7-3-4-15-5-7/h3-6H,1-2H3,(H,11,13)(H2,10,12,14). The van der Waals surface area contributed by atoms with Crippen LogP contribution in [0.1, 0.15) is 24.2 Å². The Morgan fingerprint density at radius 1 is 1.47 bits per heavy atom. The lowest BCUT2D eigenvalue weighted by atomic mass is 10.3. The minimum Gasteiger partial charge on any atom is -0.359 e. The third-order valence-corrected chi connectivity index (χ3v) is 2.40. The van der Waals surface area contributed by atoms with Crippen molar-refractivity contribution in [3.63, 3.8) is 0 Å². The van der Waals surface area contributed by atoms with Crippen molar-refractivity contribution in [2.75, 3.05) is 0 Å². The first-order valence-electron chi connectivity index (χ1n) is 4.48. The first kappa shape index (κ1) is 11.9. The van der Waals surface area contributed by atoms with Crippen LogP contribution in [0.5, 0.6) is 0 Å². The van der Waals surface area contributed by atoms with Gasteiger partial charge in [0.05, 0.1) is 5.56 Å². The quantitative estimate of drug-likeness (QED) is 0.541. The number of rotatable bonds is 2. The number of hydrogen-bond donors (Lipinski definition) is 3. The van der Waals surface area contributed by atoms with Crippen molar-refractivity contribution < 1.29 is 4.79 Å². The summed E-state index contributed by atoms with van der Waals surface area (Å²) >= 11 is 6.42. The molecule has 0 bridgehead atoms. The first-order valence-corrected chi connectivity index (χ1v) is 5.83. The van der Waals surface area contributed by atoms with E-state index >= 15 is 0 Å². The lowest BCUT2D eigenvalue weighted by Crippen LogP contribution is -2.48. The Morgan fingerprint density at radius 2 is 2.20 bits per heavy atom. The lowest BCUT2D eigenvalue weighted by molar-refractivity contribution is 0.0944. The second kappa shape index (κ2) is 5.67. The third-order valence-electron chi connectivity index (χ3n) is 1.49. The number of thiophene rings is 1. The zero-order valence-electron chi connectivity index (χ0n) is 8.53. The van der Waals surface area contributed by atoms with Gasteiger partial charge in [0.15, 0.2) is 5.11 Å². The smallest absolute Gasteiger partial charge is 0.270 e. The van der Waals surface area contributed by atoms with Crippen molar-refractivity contribution in [1.29, 1.82) is 0 Å². The van der Waals surface area contributed by atoms with E-state index in [4.69, 9.17) is 12.2 Å². The topological polar surface area (TPSA) is 53.2 Å². The monoisotopic (exact) mass is 243 g/mol. The first-order chi connectivity index (χ1) is 7.09. The van der Waals surface area contributed by atoms with Crippen LogP contribution < -0.4 is 16.2 Å². The van der Waals surface area contributed by atoms with Crippen LogP contribution in [0.4, 0.5) is 0 Å². The predicted octanol–water partition coefficient (Wildman–Crippen LogP) is 1.27. The molecule has 0 spiro atoms. The van der Waals surface area contributed by atoms with Gasteiger partial charge >= 0.3 is 0 Å². The average molecular weight is 243 g/mol. The largest absolute Gasteiger partial charge is 0.359 e. The van der Waals surface area contributed by atoms with E-state index in [0.717, 1.165) is 0 Å². The maximum atomic E-state index is 11.4. The van der Waals surface area contributed by atoms with Crippen molar-refractivity contribution in [2.24, 2.45) is 0 Å². The molecule has 1 amide bonds. The molecule has 0 fully saturated rings. The van der Waals surface area contributed by atoms with E-state index in [-0.39, 0.29) is 11.9 Å². The van der Waals surface area contributed by atoms with E-state index in [1.54, 1.807) is 11.4 Å². The molecule has 1 aromatic heterocycles. The predicted molar refractivity (Wildman–Crippen MR) is 65.8 cm³/mol. The Hall–Kier alpha value is -1.14. The molecule has 3 N–H and O–H groups in total. The van der Waals surface area contributed by atoms with Gasteiger partial charge in [-0.05, 0) is 37.5 Å². The van der Waals surface area contributed by atoms with Crippen molar-refractivity contribution in [2.45, 2.75) is 19.9 Å². The van der Waals surface area contributed by atoms with Crippen LogP contribution in [0.3, 0.4) is 0 Å². The molecule has 0 unspecified atom stereocenters. The summed E-state index contributed by atoms with van der Waals surface area (Å²) in [6.45, 7) is 3.93. The molecule has 0 radical (unpaired) electrons. The summed E-state index contributed by atoms with van der Waals surface area (Å²) in [5.74, 6) is -0.191. The number of amides is 1. The SMILES string of the molecule is CC(C)NC(=S)NNC(=O)c1ccsc1. The van der Waals surface area contributed by atoms with E-state index in [1.807, 2.05) is 19.2 Å². The molecule has 82 valence electrons. The normalized spacial score (nSPS) is 9.80. The molecule has 0 aliphatic rings. The van der Waals surface area contributed by atoms with Crippen LogP contribution in [0.25, 0.3) is 0 Å². The third kappa shape index (κ3) is 4.26. The zero-order valence-corrected chi connectivity index (χ0v) is 10.2. The highest BCUT2D eigenvalue weighted by Gasteiger charge is 2.05. The van der Waals surface area contributed by atoms with Gasteiger partial charge in [0, 0.05) is 11.4 Å². The van der Waals surface area contributed by atoms with Crippen LogP contribution in [-0.4, -0.2) is 17.1 Å². The van der Waals surface area contributed by atoms with Gasteiger partial charge in [0.1, 0.15) is 0 Å². The molecule has 1 aromatic rings. The summed E-state index contributed by atoms with van der Waals surface area (Å²) in [6.07, 6.45) is 0. The van der Waals surface area contributed by atoms with Crippen LogP contribution in [0.15, 0.2) is 16.8 Å². The molecule has 15 heavy (non-hydrogen) atoms. The number of nitrogens with one attached hydrogen (secondary N) is 3. The average Bonchev–Trinajstić information content (AvgIpc) is 2.65. The fraction of sp³-hybridized carbons (Fsp3) is 0.333. The summed E-state index contributed by atoms with van der Waals surface area (Å²) in [6, 6.07) is 1.99. The van der Waals surface area contributed by atoms with E-state index in [2.05, 4.69) is 16.2 Å². The molecule has 0 saturated carbocycles. The molecular weight excluding hydrogens is 230 g/mol. The van der Waals surface area contributed by atoms with Crippen molar-refractivity contribution in [1.82, 2.24) is 16.2 Å². The fourth-order valence-electron chi connectivity index (χ4n) is 0.878.